The summed E-state index contributed by atoms with van der Waals surface area (Å²) in [7, 11) is 0. The summed E-state index contributed by atoms with van der Waals surface area (Å²) in [4.78, 5) is 12.7. The van der Waals surface area contributed by atoms with Gasteiger partial charge in [-0.15, -0.1) is 0 Å². The Morgan fingerprint density at radius 1 is 0.633 bits per heavy atom. The maximum Gasteiger partial charge on any atom is 0.136 e. The lowest BCUT2D eigenvalue weighted by atomic mass is 9.34. The predicted octanol–water partition coefficient (Wildman–Crippen LogP) is 8.07. The number of Topliss-reactive ketones (excluding diaryl/α,β-unsaturated/α-hetero) is 1. The van der Waals surface area contributed by atoms with Crippen LogP contribution in [0.3, 0.4) is 0 Å². The standard InChI is InChI=1S/C29H48O/c1-19-7-8-21-22-12-15-29(6)24-10-9-23(30)20(2)27(24,4)16-13-25(29)28(22,5)18-17-26(21,3)14-11-19/h19-22,24-25H,7-18H2,1-6H3. The molecule has 5 fully saturated rings. The van der Waals surface area contributed by atoms with Crippen LogP contribution in [-0.2, 0) is 4.79 Å². The molecule has 1 nitrogen and oxygen atoms in total. The van der Waals surface area contributed by atoms with Gasteiger partial charge in [-0.05, 0) is 109 Å². The number of carbonyl (C=O) groups excluding carboxylic acids is 1. The molecule has 0 saturated heterocycles. The molecule has 0 heterocycles. The van der Waals surface area contributed by atoms with E-state index in [0.717, 1.165) is 36.0 Å². The van der Waals surface area contributed by atoms with Gasteiger partial charge in [0.25, 0.3) is 0 Å². The Balaban J connectivity index is 1.49. The molecule has 0 N–H and O–H groups in total. The fourth-order valence-corrected chi connectivity index (χ4v) is 10.8. The Morgan fingerprint density at radius 3 is 2.10 bits per heavy atom. The lowest BCUT2D eigenvalue weighted by Crippen LogP contribution is -2.63. The van der Waals surface area contributed by atoms with E-state index in [2.05, 4.69) is 41.5 Å². The van der Waals surface area contributed by atoms with E-state index in [1.165, 1.54) is 70.6 Å². The van der Waals surface area contributed by atoms with Crippen LogP contribution in [-0.4, -0.2) is 5.78 Å². The van der Waals surface area contributed by atoms with Crippen LogP contribution in [0.25, 0.3) is 0 Å². The fourth-order valence-electron chi connectivity index (χ4n) is 10.8. The number of fused-ring (bicyclic) bond motifs is 7. The summed E-state index contributed by atoms with van der Waals surface area (Å²) in [5.41, 5.74) is 1.86. The number of ketones is 1. The molecule has 0 aromatic rings. The normalized spacial score (nSPS) is 58.7. The number of hydrogen-bond acceptors (Lipinski definition) is 1. The molecule has 30 heavy (non-hydrogen) atoms. The summed E-state index contributed by atoms with van der Waals surface area (Å²) in [6.07, 6.45) is 16.4. The van der Waals surface area contributed by atoms with E-state index in [1.807, 2.05) is 0 Å². The minimum atomic E-state index is 0.255. The molecule has 10 unspecified atom stereocenters. The van der Waals surface area contributed by atoms with Gasteiger partial charge >= 0.3 is 0 Å². The van der Waals surface area contributed by atoms with Crippen LogP contribution in [0.5, 0.6) is 0 Å². The maximum atomic E-state index is 12.7. The highest BCUT2D eigenvalue weighted by molar-refractivity contribution is 5.82. The highest BCUT2D eigenvalue weighted by Crippen LogP contribution is 2.73. The molecule has 5 saturated carbocycles. The molecule has 5 rings (SSSR count). The molecule has 0 radical (unpaired) electrons. The minimum absolute atomic E-state index is 0.255. The molecule has 10 atom stereocenters. The van der Waals surface area contributed by atoms with Crippen LogP contribution in [0.4, 0.5) is 0 Å². The van der Waals surface area contributed by atoms with Gasteiger partial charge in [-0.25, -0.2) is 0 Å². The third kappa shape index (κ3) is 2.75. The Morgan fingerprint density at radius 2 is 1.33 bits per heavy atom. The lowest BCUT2D eigenvalue weighted by molar-refractivity contribution is -0.211. The fraction of sp³-hybridized carbons (Fsp3) is 0.966. The first kappa shape index (κ1) is 21.5. The van der Waals surface area contributed by atoms with Crippen LogP contribution < -0.4 is 0 Å². The molecule has 5 aliphatic rings. The van der Waals surface area contributed by atoms with Crippen LogP contribution in [0, 0.1) is 57.2 Å². The number of hydrogen-bond donors (Lipinski definition) is 0. The van der Waals surface area contributed by atoms with Crippen molar-refractivity contribution in [1.82, 2.24) is 0 Å². The van der Waals surface area contributed by atoms with E-state index in [4.69, 9.17) is 0 Å². The van der Waals surface area contributed by atoms with Crippen LogP contribution >= 0.6 is 0 Å². The van der Waals surface area contributed by atoms with Crippen molar-refractivity contribution < 1.29 is 4.79 Å². The van der Waals surface area contributed by atoms with E-state index in [9.17, 15) is 4.79 Å². The molecular weight excluding hydrogens is 364 g/mol. The second-order valence-electron chi connectivity index (χ2n) is 14.0. The second kappa shape index (κ2) is 6.84. The molecule has 0 bridgehead atoms. The Labute approximate surface area is 186 Å². The average Bonchev–Trinajstić information content (AvgIpc) is 2.84. The monoisotopic (exact) mass is 412 g/mol. The van der Waals surface area contributed by atoms with Gasteiger partial charge in [0.15, 0.2) is 0 Å². The Bertz CT molecular complexity index is 711. The molecule has 1 heteroatoms. The zero-order valence-electron chi connectivity index (χ0n) is 20.9. The largest absolute Gasteiger partial charge is 0.299 e. The van der Waals surface area contributed by atoms with Gasteiger partial charge in [0.2, 0.25) is 0 Å². The highest BCUT2D eigenvalue weighted by atomic mass is 16.1. The summed E-state index contributed by atoms with van der Waals surface area (Å²) >= 11 is 0. The quantitative estimate of drug-likeness (QED) is 0.393. The molecule has 0 spiro atoms. The molecule has 0 aromatic heterocycles. The van der Waals surface area contributed by atoms with E-state index in [1.54, 1.807) is 0 Å². The molecule has 0 aromatic carbocycles. The third-order valence-corrected chi connectivity index (χ3v) is 12.9. The predicted molar refractivity (Wildman–Crippen MR) is 125 cm³/mol. The Kier molecular flexibility index (Phi) is 4.90. The van der Waals surface area contributed by atoms with Crippen molar-refractivity contribution in [2.24, 2.45) is 57.2 Å². The molecular formula is C29H48O. The molecule has 5 aliphatic carbocycles. The Hall–Kier alpha value is -0.330. The van der Waals surface area contributed by atoms with E-state index < -0.39 is 0 Å². The van der Waals surface area contributed by atoms with Crippen molar-refractivity contribution in [1.29, 1.82) is 0 Å². The number of rotatable bonds is 0. The van der Waals surface area contributed by atoms with Crippen LogP contribution in [0.15, 0.2) is 0 Å². The topological polar surface area (TPSA) is 17.1 Å². The van der Waals surface area contributed by atoms with Gasteiger partial charge in [-0.3, -0.25) is 4.79 Å². The van der Waals surface area contributed by atoms with Gasteiger partial charge in [0.05, 0.1) is 0 Å². The van der Waals surface area contributed by atoms with Gasteiger partial charge < -0.3 is 0 Å². The summed E-state index contributed by atoms with van der Waals surface area (Å²) in [5, 5.41) is 0. The van der Waals surface area contributed by atoms with Crippen LogP contribution in [0.2, 0.25) is 0 Å². The summed E-state index contributed by atoms with van der Waals surface area (Å²) < 4.78 is 0. The van der Waals surface area contributed by atoms with Gasteiger partial charge in [-0.1, -0.05) is 54.4 Å². The maximum absolute atomic E-state index is 12.7. The third-order valence-electron chi connectivity index (χ3n) is 12.9. The van der Waals surface area contributed by atoms with Crippen LogP contribution in [0.1, 0.15) is 119 Å². The second-order valence-corrected chi connectivity index (χ2v) is 14.0. The van der Waals surface area contributed by atoms with Gasteiger partial charge in [0.1, 0.15) is 5.78 Å². The van der Waals surface area contributed by atoms with E-state index >= 15 is 0 Å². The first-order chi connectivity index (χ1) is 14.0. The zero-order chi connectivity index (χ0) is 21.5. The van der Waals surface area contributed by atoms with Crippen molar-refractivity contribution >= 4 is 5.78 Å². The van der Waals surface area contributed by atoms with E-state index in [-0.39, 0.29) is 11.3 Å². The summed E-state index contributed by atoms with van der Waals surface area (Å²) in [6, 6.07) is 0. The molecule has 170 valence electrons. The smallest absolute Gasteiger partial charge is 0.136 e. The first-order valence-corrected chi connectivity index (χ1v) is 13.6. The minimum Gasteiger partial charge on any atom is -0.299 e. The molecule has 0 aliphatic heterocycles. The van der Waals surface area contributed by atoms with Crippen molar-refractivity contribution in [3.63, 3.8) is 0 Å². The van der Waals surface area contributed by atoms with Gasteiger partial charge in [-0.2, -0.15) is 0 Å². The van der Waals surface area contributed by atoms with Gasteiger partial charge in [0, 0.05) is 12.3 Å². The number of carbonyl (C=O) groups is 1. The van der Waals surface area contributed by atoms with E-state index in [0.29, 0.717) is 22.0 Å². The van der Waals surface area contributed by atoms with Crippen molar-refractivity contribution in [2.75, 3.05) is 0 Å². The first-order valence-electron chi connectivity index (χ1n) is 13.6. The average molecular weight is 413 g/mol. The SMILES string of the molecule is CC1CCC2C3CCC4(C)C5CCC(=O)C(C)C5(C)CCC4C3(C)CCC2(C)CC1. The van der Waals surface area contributed by atoms with Crippen molar-refractivity contribution in [3.8, 4) is 0 Å². The highest BCUT2D eigenvalue weighted by Gasteiger charge is 2.66. The molecule has 0 amide bonds. The lowest BCUT2D eigenvalue weighted by Gasteiger charge is -2.70. The zero-order valence-corrected chi connectivity index (χ0v) is 20.9. The summed E-state index contributed by atoms with van der Waals surface area (Å²) in [6.45, 7) is 15.4. The van der Waals surface area contributed by atoms with Crippen molar-refractivity contribution in [2.45, 2.75) is 119 Å². The van der Waals surface area contributed by atoms with Crippen molar-refractivity contribution in [3.05, 3.63) is 0 Å². The summed E-state index contributed by atoms with van der Waals surface area (Å²) in [5.74, 6) is 5.32.